The van der Waals surface area contributed by atoms with E-state index in [4.69, 9.17) is 4.42 Å². The zero-order valence-corrected chi connectivity index (χ0v) is 16.2. The predicted molar refractivity (Wildman–Crippen MR) is 107 cm³/mol. The first kappa shape index (κ1) is 18.5. The molecule has 2 fully saturated rings. The first-order chi connectivity index (χ1) is 14.4. The van der Waals surface area contributed by atoms with E-state index in [2.05, 4.69) is 17.3 Å². The van der Waals surface area contributed by atoms with Crippen LogP contribution in [-0.2, 0) is 9.59 Å². The third-order valence-corrected chi connectivity index (χ3v) is 6.36. The Morgan fingerprint density at radius 1 is 1.10 bits per heavy atom. The van der Waals surface area contributed by atoms with Crippen LogP contribution in [0, 0.1) is 40.7 Å². The van der Waals surface area contributed by atoms with Crippen LogP contribution in [0.1, 0.15) is 24.2 Å². The number of allylic oxidation sites excluding steroid dienone is 2. The average Bonchev–Trinajstić information content (AvgIpc) is 3.32. The molecule has 1 aromatic carbocycles. The van der Waals surface area contributed by atoms with Gasteiger partial charge in [0.15, 0.2) is 0 Å². The summed E-state index contributed by atoms with van der Waals surface area (Å²) in [5, 5.41) is 16.2. The van der Waals surface area contributed by atoms with Gasteiger partial charge in [-0.1, -0.05) is 18.2 Å². The Bertz CT molecular complexity index is 1100. The van der Waals surface area contributed by atoms with Gasteiger partial charge in [0, 0.05) is 17.7 Å². The van der Waals surface area contributed by atoms with Gasteiger partial charge in [-0.05, 0) is 49.3 Å². The molecule has 6 rings (SSSR count). The second-order valence-corrected chi connectivity index (χ2v) is 8.03. The molecule has 2 amide bonds. The number of hydrogen-bond donors (Lipinski definition) is 0. The quantitative estimate of drug-likeness (QED) is 0.254. The van der Waals surface area contributed by atoms with E-state index in [0.717, 1.165) is 23.4 Å². The van der Waals surface area contributed by atoms with E-state index in [0.29, 0.717) is 17.1 Å². The Hall–Kier alpha value is -3.55. The largest absolute Gasteiger partial charge is 0.455 e. The zero-order valence-electron chi connectivity index (χ0n) is 16.2. The number of nitro groups is 1. The number of hydrogen-bond acceptors (Lipinski definition) is 6. The molecule has 1 saturated heterocycles. The van der Waals surface area contributed by atoms with Crippen molar-refractivity contribution in [2.75, 3.05) is 0 Å². The number of nitrogens with zero attached hydrogens (tertiary/aromatic N) is 3. The summed E-state index contributed by atoms with van der Waals surface area (Å²) in [6, 6.07) is 7.90. The SMILES string of the molecule is Cc1ccc([N+](=O)[O-])cc1-c1ccc(/C=N\N2C(=O)[C@H]3[C@H](C2=O)[C@@H]2C=C[C@@H]3CC2)o1. The summed E-state index contributed by atoms with van der Waals surface area (Å²) in [6.07, 6.45) is 7.34. The number of fused-ring (bicyclic) bond motifs is 1. The van der Waals surface area contributed by atoms with Crippen molar-refractivity contribution >= 4 is 23.7 Å². The van der Waals surface area contributed by atoms with Crippen molar-refractivity contribution in [3.8, 4) is 11.3 Å². The Labute approximate surface area is 172 Å². The average molecular weight is 405 g/mol. The first-order valence-corrected chi connectivity index (χ1v) is 9.89. The van der Waals surface area contributed by atoms with Crippen molar-refractivity contribution in [1.29, 1.82) is 0 Å². The van der Waals surface area contributed by atoms with Gasteiger partial charge in [0.2, 0.25) is 0 Å². The van der Waals surface area contributed by atoms with Gasteiger partial charge in [0.25, 0.3) is 17.5 Å². The van der Waals surface area contributed by atoms with Crippen molar-refractivity contribution in [3.63, 3.8) is 0 Å². The summed E-state index contributed by atoms with van der Waals surface area (Å²) in [7, 11) is 0. The van der Waals surface area contributed by atoms with Crippen LogP contribution in [0.3, 0.4) is 0 Å². The summed E-state index contributed by atoms with van der Waals surface area (Å²) in [6.45, 7) is 1.83. The molecule has 0 spiro atoms. The van der Waals surface area contributed by atoms with Gasteiger partial charge >= 0.3 is 0 Å². The van der Waals surface area contributed by atoms with E-state index < -0.39 is 4.92 Å². The number of non-ortho nitro benzene ring substituents is 1. The van der Waals surface area contributed by atoms with Crippen LogP contribution in [0.2, 0.25) is 0 Å². The van der Waals surface area contributed by atoms with Crippen LogP contribution in [0.15, 0.2) is 52.0 Å². The molecule has 3 aliphatic carbocycles. The smallest absolute Gasteiger partial charge is 0.270 e. The lowest BCUT2D eigenvalue weighted by Gasteiger charge is -2.37. The molecule has 1 saturated carbocycles. The molecule has 1 aliphatic heterocycles. The molecule has 2 aromatic rings. The fourth-order valence-electron chi connectivity index (χ4n) is 4.84. The first-order valence-electron chi connectivity index (χ1n) is 9.89. The number of imide groups is 1. The molecule has 1 aromatic heterocycles. The van der Waals surface area contributed by atoms with Crippen LogP contribution in [-0.4, -0.2) is 28.0 Å². The third-order valence-electron chi connectivity index (χ3n) is 6.36. The number of benzene rings is 1. The predicted octanol–water partition coefficient (Wildman–Crippen LogP) is 3.69. The number of nitro benzene ring substituents is 1. The lowest BCUT2D eigenvalue weighted by molar-refractivity contribution is -0.384. The maximum atomic E-state index is 12.8. The summed E-state index contributed by atoms with van der Waals surface area (Å²) in [5.74, 6) is -0.0769. The fraction of sp³-hybridized carbons (Fsp3) is 0.318. The topological polar surface area (TPSA) is 106 Å². The van der Waals surface area contributed by atoms with Crippen molar-refractivity contribution in [3.05, 3.63) is 63.9 Å². The van der Waals surface area contributed by atoms with Gasteiger partial charge in [-0.2, -0.15) is 10.1 Å². The van der Waals surface area contributed by atoms with Crippen LogP contribution in [0.4, 0.5) is 5.69 Å². The fourth-order valence-corrected chi connectivity index (χ4v) is 4.84. The molecular weight excluding hydrogens is 386 g/mol. The molecule has 0 radical (unpaired) electrons. The van der Waals surface area contributed by atoms with Gasteiger partial charge < -0.3 is 4.42 Å². The van der Waals surface area contributed by atoms with Crippen molar-refractivity contribution in [1.82, 2.24) is 5.01 Å². The van der Waals surface area contributed by atoms with E-state index in [-0.39, 0.29) is 41.2 Å². The van der Waals surface area contributed by atoms with Gasteiger partial charge in [0.05, 0.1) is 23.0 Å². The van der Waals surface area contributed by atoms with E-state index in [1.54, 1.807) is 18.2 Å². The molecule has 0 N–H and O–H groups in total. The standard InChI is InChI=1S/C22H19N3O5/c1-12-2-7-15(25(28)29)10-17(12)18-9-8-16(30-18)11-23-24-21(26)19-13-3-4-14(6-5-13)20(19)22(24)27/h2-4,7-11,13-14,19-20H,5-6H2,1H3/b23-11-/t13-,14-,19-,20-/m1/s1. The van der Waals surface area contributed by atoms with Gasteiger partial charge in [-0.3, -0.25) is 19.7 Å². The number of carbonyl (C=O) groups excluding carboxylic acids is 2. The second-order valence-electron chi connectivity index (χ2n) is 8.03. The molecule has 4 aliphatic rings. The lowest BCUT2D eigenvalue weighted by Crippen LogP contribution is -2.38. The molecule has 30 heavy (non-hydrogen) atoms. The lowest BCUT2D eigenvalue weighted by atomic mass is 9.63. The number of furan rings is 1. The number of amides is 2. The molecule has 8 nitrogen and oxygen atoms in total. The second kappa shape index (κ2) is 6.76. The molecule has 152 valence electrons. The van der Waals surface area contributed by atoms with E-state index in [1.165, 1.54) is 18.3 Å². The van der Waals surface area contributed by atoms with Crippen LogP contribution < -0.4 is 0 Å². The normalized spacial score (nSPS) is 27.3. The van der Waals surface area contributed by atoms with Gasteiger partial charge in [0.1, 0.15) is 11.5 Å². The molecule has 2 bridgehead atoms. The molecule has 4 atom stereocenters. The van der Waals surface area contributed by atoms with Crippen molar-refractivity contribution in [2.24, 2.45) is 28.8 Å². The highest BCUT2D eigenvalue weighted by molar-refractivity contribution is 6.06. The molecule has 2 heterocycles. The van der Waals surface area contributed by atoms with Crippen LogP contribution in [0.5, 0.6) is 0 Å². The van der Waals surface area contributed by atoms with E-state index in [9.17, 15) is 19.7 Å². The summed E-state index contributed by atoms with van der Waals surface area (Å²) in [5.41, 5.74) is 1.41. The van der Waals surface area contributed by atoms with Crippen LogP contribution >= 0.6 is 0 Å². The number of carbonyl (C=O) groups is 2. The Kier molecular flexibility index (Phi) is 4.16. The maximum absolute atomic E-state index is 12.8. The maximum Gasteiger partial charge on any atom is 0.270 e. The molecular formula is C22H19N3O5. The molecule has 8 heteroatoms. The zero-order chi connectivity index (χ0) is 21.0. The van der Waals surface area contributed by atoms with Crippen LogP contribution in [0.25, 0.3) is 11.3 Å². The highest BCUT2D eigenvalue weighted by atomic mass is 16.6. The summed E-state index contributed by atoms with van der Waals surface area (Å²) >= 11 is 0. The number of aryl methyl sites for hydroxylation is 1. The number of rotatable bonds is 4. The molecule has 0 unspecified atom stereocenters. The van der Waals surface area contributed by atoms with E-state index in [1.807, 2.05) is 6.92 Å². The Balaban J connectivity index is 1.39. The minimum Gasteiger partial charge on any atom is -0.455 e. The summed E-state index contributed by atoms with van der Waals surface area (Å²) in [4.78, 5) is 36.2. The minimum atomic E-state index is -0.458. The highest BCUT2D eigenvalue weighted by Gasteiger charge is 2.56. The third kappa shape index (κ3) is 2.79. The van der Waals surface area contributed by atoms with Crippen molar-refractivity contribution < 1.29 is 18.9 Å². The van der Waals surface area contributed by atoms with Gasteiger partial charge in [-0.15, -0.1) is 0 Å². The number of hydrazone groups is 1. The van der Waals surface area contributed by atoms with E-state index >= 15 is 0 Å². The minimum absolute atomic E-state index is 0.0266. The van der Waals surface area contributed by atoms with Crippen molar-refractivity contribution in [2.45, 2.75) is 19.8 Å². The Morgan fingerprint density at radius 2 is 1.77 bits per heavy atom. The van der Waals surface area contributed by atoms with Gasteiger partial charge in [-0.25, -0.2) is 0 Å². The highest BCUT2D eigenvalue weighted by Crippen LogP contribution is 2.49. The Morgan fingerprint density at radius 3 is 2.37 bits per heavy atom. The summed E-state index contributed by atoms with van der Waals surface area (Å²) < 4.78 is 5.76. The monoisotopic (exact) mass is 405 g/mol.